The fourth-order valence-corrected chi connectivity index (χ4v) is 9.02. The molecule has 3 nitrogen and oxygen atoms in total. The highest BCUT2D eigenvalue weighted by Crippen LogP contribution is 2.67. The van der Waals surface area contributed by atoms with E-state index >= 15 is 0 Å². The van der Waals surface area contributed by atoms with Crippen LogP contribution in [0.3, 0.4) is 0 Å². The van der Waals surface area contributed by atoms with E-state index in [0.29, 0.717) is 17.3 Å². The third-order valence-electron chi connectivity index (χ3n) is 10.9. The molecule has 30 heavy (non-hydrogen) atoms. The van der Waals surface area contributed by atoms with Gasteiger partial charge in [0.25, 0.3) is 0 Å². The number of aliphatic imine (C=N–C) groups is 1. The van der Waals surface area contributed by atoms with Crippen LogP contribution in [0.5, 0.6) is 0 Å². The summed E-state index contributed by atoms with van der Waals surface area (Å²) < 4.78 is 0. The average molecular weight is 414 g/mol. The molecule has 0 radical (unpaired) electrons. The number of fused-ring (bicyclic) bond motifs is 5. The Hall–Kier alpha value is -0.670. The fraction of sp³-hybridized carbons (Fsp3) is 0.889. The van der Waals surface area contributed by atoms with E-state index in [0.717, 1.165) is 49.5 Å². The summed E-state index contributed by atoms with van der Waals surface area (Å²) in [5.74, 6) is 4.43. The van der Waals surface area contributed by atoms with Gasteiger partial charge in [0, 0.05) is 12.3 Å². The first-order valence-corrected chi connectivity index (χ1v) is 12.9. The van der Waals surface area contributed by atoms with E-state index in [1.807, 2.05) is 0 Å². The van der Waals surface area contributed by atoms with Crippen LogP contribution in [0.25, 0.3) is 0 Å². The summed E-state index contributed by atoms with van der Waals surface area (Å²) in [6.45, 7) is 10.9. The van der Waals surface area contributed by atoms with Gasteiger partial charge in [0.15, 0.2) is 0 Å². The van der Waals surface area contributed by atoms with E-state index in [-0.39, 0.29) is 5.41 Å². The molecule has 0 bridgehead atoms. The molecule has 5 rings (SSSR count). The summed E-state index contributed by atoms with van der Waals surface area (Å²) in [6.07, 6.45) is 12.0. The molecule has 168 valence electrons. The monoisotopic (exact) mass is 413 g/mol. The van der Waals surface area contributed by atoms with E-state index in [1.165, 1.54) is 49.8 Å². The summed E-state index contributed by atoms with van der Waals surface area (Å²) in [4.78, 5) is 5.04. The Labute approximate surface area is 183 Å². The molecule has 0 aromatic heterocycles. The van der Waals surface area contributed by atoms with Crippen LogP contribution < -0.4 is 0 Å². The molecule has 5 aliphatic rings. The molecular formula is C27H43NO2. The zero-order valence-corrected chi connectivity index (χ0v) is 19.6. The van der Waals surface area contributed by atoms with Crippen LogP contribution in [0.2, 0.25) is 0 Å². The highest BCUT2D eigenvalue weighted by Gasteiger charge is 2.60. The van der Waals surface area contributed by atoms with Gasteiger partial charge in [0.1, 0.15) is 6.10 Å². The number of allylic oxidation sites excluding steroid dienone is 1. The molecule has 0 amide bonds. The van der Waals surface area contributed by atoms with Crippen molar-refractivity contribution in [2.75, 3.05) is 6.54 Å². The fourth-order valence-electron chi connectivity index (χ4n) is 9.02. The number of rotatable bonds is 2. The summed E-state index contributed by atoms with van der Waals surface area (Å²) in [5, 5.41) is 21.0. The molecule has 0 saturated heterocycles. The van der Waals surface area contributed by atoms with Gasteiger partial charge >= 0.3 is 0 Å². The molecular weight excluding hydrogens is 370 g/mol. The SMILES string of the molecule is C[C@H]1CCC([C@@H](C)[C@H]2CC[C@H]3[C@@H]4CC=C5[C@@H](O)[C@@H](O)CC[C@]5(C)[C@H]4CC[C@]23C)=NC1. The first-order valence-electron chi connectivity index (χ1n) is 12.9. The largest absolute Gasteiger partial charge is 0.390 e. The number of hydrogen-bond acceptors (Lipinski definition) is 3. The van der Waals surface area contributed by atoms with Gasteiger partial charge in [-0.15, -0.1) is 0 Å². The Morgan fingerprint density at radius 2 is 1.83 bits per heavy atom. The number of aliphatic hydroxyl groups is 2. The van der Waals surface area contributed by atoms with Crippen LogP contribution in [0.15, 0.2) is 16.6 Å². The predicted molar refractivity (Wildman–Crippen MR) is 122 cm³/mol. The molecule has 0 unspecified atom stereocenters. The molecule has 3 heteroatoms. The quantitative estimate of drug-likeness (QED) is 0.595. The molecule has 0 spiro atoms. The van der Waals surface area contributed by atoms with Gasteiger partial charge in [-0.1, -0.05) is 33.8 Å². The molecule has 0 aromatic rings. The lowest BCUT2D eigenvalue weighted by Crippen LogP contribution is -2.54. The Morgan fingerprint density at radius 3 is 2.57 bits per heavy atom. The van der Waals surface area contributed by atoms with Crippen molar-refractivity contribution in [2.45, 2.75) is 97.7 Å². The Bertz CT molecular complexity index is 743. The van der Waals surface area contributed by atoms with E-state index in [9.17, 15) is 10.2 Å². The highest BCUT2D eigenvalue weighted by atomic mass is 16.3. The average Bonchev–Trinajstić information content (AvgIpc) is 3.08. The van der Waals surface area contributed by atoms with Gasteiger partial charge in [-0.2, -0.15) is 0 Å². The van der Waals surface area contributed by atoms with Crippen molar-refractivity contribution in [1.82, 2.24) is 0 Å². The Balaban J connectivity index is 1.40. The smallest absolute Gasteiger partial charge is 0.101 e. The van der Waals surface area contributed by atoms with Crippen LogP contribution in [0, 0.1) is 46.3 Å². The molecule has 0 aromatic carbocycles. The lowest BCUT2D eigenvalue weighted by atomic mass is 9.46. The lowest BCUT2D eigenvalue weighted by Gasteiger charge is -2.59. The van der Waals surface area contributed by atoms with Crippen molar-refractivity contribution in [3.63, 3.8) is 0 Å². The minimum atomic E-state index is -0.638. The Kier molecular flexibility index (Phi) is 5.26. The second-order valence-corrected chi connectivity index (χ2v) is 12.2. The topological polar surface area (TPSA) is 52.8 Å². The van der Waals surface area contributed by atoms with Gasteiger partial charge in [-0.3, -0.25) is 4.99 Å². The van der Waals surface area contributed by atoms with Crippen LogP contribution in [0.4, 0.5) is 0 Å². The van der Waals surface area contributed by atoms with Gasteiger partial charge < -0.3 is 10.2 Å². The van der Waals surface area contributed by atoms with Gasteiger partial charge in [-0.25, -0.2) is 0 Å². The maximum absolute atomic E-state index is 10.7. The first kappa shape index (κ1) is 21.2. The predicted octanol–water partition coefficient (Wildman–Crippen LogP) is 5.40. The zero-order chi connectivity index (χ0) is 21.3. The van der Waals surface area contributed by atoms with Crippen LogP contribution in [0.1, 0.15) is 85.5 Å². The first-order chi connectivity index (χ1) is 14.3. The standard InChI is InChI=1S/C27H43NO2/c1-16-5-10-23(28-15-16)17(2)19-8-9-20-18-6-7-22-25(30)24(29)12-14-27(22,4)21(18)11-13-26(19,20)3/h7,16-21,24-25,29-30H,5-6,8-15H2,1-4H3/t16-,17-,18-,19+,20-,21-,24-,25+,26+,27+/m0/s1. The van der Waals surface area contributed by atoms with Crippen molar-refractivity contribution in [3.8, 4) is 0 Å². The minimum absolute atomic E-state index is 0.0934. The maximum atomic E-state index is 10.7. The number of aliphatic hydroxyl groups excluding tert-OH is 2. The molecule has 3 fully saturated rings. The highest BCUT2D eigenvalue weighted by molar-refractivity contribution is 5.87. The third-order valence-corrected chi connectivity index (χ3v) is 10.9. The van der Waals surface area contributed by atoms with Gasteiger partial charge in [-0.05, 0) is 110 Å². The van der Waals surface area contributed by atoms with Crippen molar-refractivity contribution in [2.24, 2.45) is 51.3 Å². The minimum Gasteiger partial charge on any atom is -0.390 e. The second kappa shape index (κ2) is 7.44. The van der Waals surface area contributed by atoms with E-state index in [1.54, 1.807) is 0 Å². The van der Waals surface area contributed by atoms with Crippen molar-refractivity contribution >= 4 is 5.71 Å². The summed E-state index contributed by atoms with van der Waals surface area (Å²) in [5.41, 5.74) is 3.22. The summed E-state index contributed by atoms with van der Waals surface area (Å²) in [7, 11) is 0. The normalized spacial score (nSPS) is 51.9. The Morgan fingerprint density at radius 1 is 1.03 bits per heavy atom. The van der Waals surface area contributed by atoms with E-state index < -0.39 is 12.2 Å². The lowest BCUT2D eigenvalue weighted by molar-refractivity contribution is -0.0779. The van der Waals surface area contributed by atoms with Crippen LogP contribution >= 0.6 is 0 Å². The molecule has 10 atom stereocenters. The van der Waals surface area contributed by atoms with Crippen molar-refractivity contribution in [1.29, 1.82) is 0 Å². The zero-order valence-electron chi connectivity index (χ0n) is 19.6. The van der Waals surface area contributed by atoms with Crippen LogP contribution in [-0.4, -0.2) is 34.7 Å². The molecule has 1 aliphatic heterocycles. The van der Waals surface area contributed by atoms with Gasteiger partial charge in [0.2, 0.25) is 0 Å². The van der Waals surface area contributed by atoms with E-state index in [2.05, 4.69) is 33.8 Å². The molecule has 2 N–H and O–H groups in total. The second-order valence-electron chi connectivity index (χ2n) is 12.2. The summed E-state index contributed by atoms with van der Waals surface area (Å²) in [6, 6.07) is 0. The third kappa shape index (κ3) is 3.01. The number of hydrogen-bond donors (Lipinski definition) is 2. The molecule has 4 aliphatic carbocycles. The van der Waals surface area contributed by atoms with Gasteiger partial charge in [0.05, 0.1) is 6.10 Å². The van der Waals surface area contributed by atoms with Crippen molar-refractivity contribution in [3.05, 3.63) is 11.6 Å². The van der Waals surface area contributed by atoms with E-state index in [4.69, 9.17) is 4.99 Å². The summed E-state index contributed by atoms with van der Waals surface area (Å²) >= 11 is 0. The molecule has 3 saturated carbocycles. The molecule has 1 heterocycles. The number of nitrogens with zero attached hydrogens (tertiary/aromatic N) is 1. The van der Waals surface area contributed by atoms with Crippen molar-refractivity contribution < 1.29 is 10.2 Å². The maximum Gasteiger partial charge on any atom is 0.101 e. The van der Waals surface area contributed by atoms with Crippen LogP contribution in [-0.2, 0) is 0 Å².